The van der Waals surface area contributed by atoms with Crippen molar-refractivity contribution in [3.63, 3.8) is 0 Å². The minimum atomic E-state index is -0.760. The fourth-order valence-electron chi connectivity index (χ4n) is 2.40. The van der Waals surface area contributed by atoms with E-state index < -0.39 is 18.5 Å². The summed E-state index contributed by atoms with van der Waals surface area (Å²) >= 11 is 0. The van der Waals surface area contributed by atoms with Crippen LogP contribution in [0.25, 0.3) is 0 Å². The molecule has 2 N–H and O–H groups in total. The van der Waals surface area contributed by atoms with E-state index in [1.807, 2.05) is 6.07 Å². The number of aromatic hydroxyl groups is 1. The lowest BCUT2D eigenvalue weighted by Gasteiger charge is -2.15. The quantitative estimate of drug-likeness (QED) is 0.808. The van der Waals surface area contributed by atoms with Gasteiger partial charge in [0.15, 0.2) is 18.1 Å². The third-order valence-electron chi connectivity index (χ3n) is 3.73. The number of benzene rings is 2. The van der Waals surface area contributed by atoms with Crippen molar-refractivity contribution in [2.45, 2.75) is 13.0 Å². The van der Waals surface area contributed by atoms with E-state index in [-0.39, 0.29) is 24.1 Å². The van der Waals surface area contributed by atoms with Gasteiger partial charge in [0.25, 0.3) is 5.91 Å². The van der Waals surface area contributed by atoms with Crippen LogP contribution in [0.3, 0.4) is 0 Å². The second-order valence-electron chi connectivity index (χ2n) is 5.50. The van der Waals surface area contributed by atoms with Gasteiger partial charge in [-0.25, -0.2) is 4.79 Å². The highest BCUT2D eigenvalue weighted by Crippen LogP contribution is 2.34. The predicted molar refractivity (Wildman–Crippen MR) is 87.5 cm³/mol. The van der Waals surface area contributed by atoms with Gasteiger partial charge in [-0.05, 0) is 36.8 Å². The molecule has 0 bridgehead atoms. The van der Waals surface area contributed by atoms with Gasteiger partial charge in [0.2, 0.25) is 6.79 Å². The Morgan fingerprint density at radius 2 is 1.96 bits per heavy atom. The average Bonchev–Trinajstić information content (AvgIpc) is 3.07. The molecule has 7 nitrogen and oxygen atoms in total. The standard InChI is InChI=1S/C18H17NO6/c1-11(12-6-7-15-16(8-12)25-10-24-15)19-17(21)9-23-18(22)13-4-2-3-5-14(13)20/h2-8,11,20H,9-10H2,1H3,(H,19,21)/t11-/m1/s1. The van der Waals surface area contributed by atoms with Crippen LogP contribution in [0.2, 0.25) is 0 Å². The molecule has 0 saturated carbocycles. The molecular weight excluding hydrogens is 326 g/mol. The van der Waals surface area contributed by atoms with Gasteiger partial charge >= 0.3 is 5.97 Å². The largest absolute Gasteiger partial charge is 0.507 e. The van der Waals surface area contributed by atoms with Crippen LogP contribution in [-0.2, 0) is 9.53 Å². The number of hydrogen-bond acceptors (Lipinski definition) is 6. The van der Waals surface area contributed by atoms with Crippen LogP contribution < -0.4 is 14.8 Å². The van der Waals surface area contributed by atoms with Crippen molar-refractivity contribution in [1.29, 1.82) is 0 Å². The first-order chi connectivity index (χ1) is 12.0. The van der Waals surface area contributed by atoms with Crippen LogP contribution in [-0.4, -0.2) is 30.4 Å². The normalized spacial score (nSPS) is 13.2. The monoisotopic (exact) mass is 343 g/mol. The van der Waals surface area contributed by atoms with E-state index in [4.69, 9.17) is 14.2 Å². The number of phenolic OH excluding ortho intramolecular Hbond substituents is 1. The molecule has 0 aromatic heterocycles. The molecule has 0 fully saturated rings. The summed E-state index contributed by atoms with van der Waals surface area (Å²) in [6, 6.07) is 11.1. The highest BCUT2D eigenvalue weighted by Gasteiger charge is 2.18. The Morgan fingerprint density at radius 1 is 1.20 bits per heavy atom. The molecular formula is C18H17NO6. The number of rotatable bonds is 5. The van der Waals surface area contributed by atoms with Crippen molar-refractivity contribution < 1.29 is 28.9 Å². The number of carbonyl (C=O) groups is 2. The summed E-state index contributed by atoms with van der Waals surface area (Å²) in [6.45, 7) is 1.55. The van der Waals surface area contributed by atoms with Gasteiger partial charge in [0.05, 0.1) is 6.04 Å². The lowest BCUT2D eigenvalue weighted by molar-refractivity contribution is -0.124. The van der Waals surface area contributed by atoms with Crippen molar-refractivity contribution in [3.8, 4) is 17.2 Å². The van der Waals surface area contributed by atoms with Crippen LogP contribution in [0.5, 0.6) is 17.2 Å². The van der Waals surface area contributed by atoms with E-state index >= 15 is 0 Å². The van der Waals surface area contributed by atoms with Gasteiger partial charge < -0.3 is 24.6 Å². The molecule has 7 heteroatoms. The summed E-state index contributed by atoms with van der Waals surface area (Å²) in [5.41, 5.74) is 0.851. The summed E-state index contributed by atoms with van der Waals surface area (Å²) in [5, 5.41) is 12.3. The summed E-state index contributed by atoms with van der Waals surface area (Å²) in [5.74, 6) is -0.108. The third kappa shape index (κ3) is 3.82. The van der Waals surface area contributed by atoms with E-state index in [0.717, 1.165) is 5.56 Å². The van der Waals surface area contributed by atoms with Gasteiger partial charge in [-0.15, -0.1) is 0 Å². The van der Waals surface area contributed by atoms with E-state index in [1.54, 1.807) is 31.2 Å². The molecule has 0 saturated heterocycles. The Balaban J connectivity index is 1.54. The Bertz CT molecular complexity index is 804. The van der Waals surface area contributed by atoms with Gasteiger partial charge in [-0.2, -0.15) is 0 Å². The summed E-state index contributed by atoms with van der Waals surface area (Å²) < 4.78 is 15.5. The zero-order chi connectivity index (χ0) is 17.8. The molecule has 0 radical (unpaired) electrons. The summed E-state index contributed by atoms with van der Waals surface area (Å²) in [4.78, 5) is 23.8. The van der Waals surface area contributed by atoms with Crippen molar-refractivity contribution in [2.75, 3.05) is 13.4 Å². The first kappa shape index (κ1) is 16.6. The fourth-order valence-corrected chi connectivity index (χ4v) is 2.40. The minimum Gasteiger partial charge on any atom is -0.507 e. The van der Waals surface area contributed by atoms with Gasteiger partial charge in [0, 0.05) is 0 Å². The van der Waals surface area contributed by atoms with Crippen LogP contribution in [0, 0.1) is 0 Å². The highest BCUT2D eigenvalue weighted by molar-refractivity contribution is 5.93. The molecule has 1 heterocycles. The zero-order valence-corrected chi connectivity index (χ0v) is 13.5. The van der Waals surface area contributed by atoms with Gasteiger partial charge in [-0.1, -0.05) is 18.2 Å². The van der Waals surface area contributed by atoms with Crippen molar-refractivity contribution >= 4 is 11.9 Å². The van der Waals surface area contributed by atoms with E-state index in [1.165, 1.54) is 12.1 Å². The van der Waals surface area contributed by atoms with Crippen molar-refractivity contribution in [3.05, 3.63) is 53.6 Å². The van der Waals surface area contributed by atoms with E-state index in [9.17, 15) is 14.7 Å². The van der Waals surface area contributed by atoms with E-state index in [2.05, 4.69) is 5.32 Å². The summed E-state index contributed by atoms with van der Waals surface area (Å²) in [7, 11) is 0. The number of phenols is 1. The lowest BCUT2D eigenvalue weighted by Crippen LogP contribution is -2.31. The molecule has 0 unspecified atom stereocenters. The first-order valence-electron chi connectivity index (χ1n) is 7.68. The molecule has 25 heavy (non-hydrogen) atoms. The molecule has 130 valence electrons. The van der Waals surface area contributed by atoms with Crippen LogP contribution in [0.4, 0.5) is 0 Å². The maximum absolute atomic E-state index is 12.0. The number of para-hydroxylation sites is 1. The minimum absolute atomic E-state index is 0.0131. The number of nitrogens with one attached hydrogen (secondary N) is 1. The molecule has 1 aliphatic heterocycles. The first-order valence-corrected chi connectivity index (χ1v) is 7.68. The Morgan fingerprint density at radius 3 is 2.76 bits per heavy atom. The van der Waals surface area contributed by atoms with Gasteiger partial charge in [0.1, 0.15) is 11.3 Å². The van der Waals surface area contributed by atoms with Crippen LogP contribution >= 0.6 is 0 Å². The number of amides is 1. The van der Waals surface area contributed by atoms with Crippen LogP contribution in [0.1, 0.15) is 28.9 Å². The molecule has 3 rings (SSSR count). The number of carbonyl (C=O) groups excluding carboxylic acids is 2. The number of fused-ring (bicyclic) bond motifs is 1. The fraction of sp³-hybridized carbons (Fsp3) is 0.222. The Kier molecular flexibility index (Phi) is 4.74. The average molecular weight is 343 g/mol. The molecule has 2 aromatic rings. The maximum atomic E-state index is 12.0. The SMILES string of the molecule is C[C@@H](NC(=O)COC(=O)c1ccccc1O)c1ccc2c(c1)OCO2. The lowest BCUT2D eigenvalue weighted by atomic mass is 10.1. The number of ether oxygens (including phenoxy) is 3. The smallest absolute Gasteiger partial charge is 0.342 e. The number of hydrogen-bond donors (Lipinski definition) is 2. The number of esters is 1. The van der Waals surface area contributed by atoms with Crippen LogP contribution in [0.15, 0.2) is 42.5 Å². The van der Waals surface area contributed by atoms with E-state index in [0.29, 0.717) is 11.5 Å². The Labute approximate surface area is 144 Å². The molecule has 2 aromatic carbocycles. The van der Waals surface area contributed by atoms with Gasteiger partial charge in [-0.3, -0.25) is 4.79 Å². The second-order valence-corrected chi connectivity index (χ2v) is 5.50. The highest BCUT2D eigenvalue weighted by atomic mass is 16.7. The maximum Gasteiger partial charge on any atom is 0.342 e. The summed E-state index contributed by atoms with van der Waals surface area (Å²) in [6.07, 6.45) is 0. The Hall–Kier alpha value is -3.22. The predicted octanol–water partition coefficient (Wildman–Crippen LogP) is 2.16. The second kappa shape index (κ2) is 7.12. The molecule has 1 amide bonds. The molecule has 0 aliphatic carbocycles. The molecule has 1 aliphatic rings. The molecule has 0 spiro atoms. The van der Waals surface area contributed by atoms with Crippen molar-refractivity contribution in [2.24, 2.45) is 0 Å². The third-order valence-corrected chi connectivity index (χ3v) is 3.73. The topological polar surface area (TPSA) is 94.1 Å². The van der Waals surface area contributed by atoms with Crippen molar-refractivity contribution in [1.82, 2.24) is 5.32 Å². The zero-order valence-electron chi connectivity index (χ0n) is 13.5. The molecule has 1 atom stereocenters.